The number of hydrogen-bond acceptors (Lipinski definition) is 5. The van der Waals surface area contributed by atoms with Gasteiger partial charge in [-0.25, -0.2) is 18.7 Å². The van der Waals surface area contributed by atoms with Gasteiger partial charge in [0, 0.05) is 16.7 Å². The fourth-order valence-corrected chi connectivity index (χ4v) is 3.18. The van der Waals surface area contributed by atoms with Crippen molar-refractivity contribution in [3.05, 3.63) is 30.1 Å². The molecule has 124 valence electrons. The van der Waals surface area contributed by atoms with Gasteiger partial charge in [0.2, 0.25) is 0 Å². The maximum Gasteiger partial charge on any atom is 0.538 e. The average Bonchev–Trinajstić information content (AvgIpc) is 3.18. The highest BCUT2D eigenvalue weighted by Crippen LogP contribution is 2.36. The third-order valence-electron chi connectivity index (χ3n) is 4.24. The van der Waals surface area contributed by atoms with E-state index in [1.807, 2.05) is 0 Å². The molecule has 1 aliphatic rings. The number of nitrogens with zero attached hydrogens (tertiary/aromatic N) is 3. The molecule has 1 atom stereocenters. The van der Waals surface area contributed by atoms with Crippen LogP contribution in [-0.4, -0.2) is 33.6 Å². The molecule has 2 aromatic heterocycles. The Morgan fingerprint density at radius 1 is 1.33 bits per heavy atom. The van der Waals surface area contributed by atoms with Gasteiger partial charge in [-0.15, -0.1) is 0 Å². The average molecular weight is 334 g/mol. The van der Waals surface area contributed by atoms with Crippen molar-refractivity contribution in [1.82, 2.24) is 9.97 Å². The molecule has 3 aromatic rings. The Morgan fingerprint density at radius 3 is 2.88 bits per heavy atom. The molecule has 3 heterocycles. The number of fused-ring (bicyclic) bond motifs is 3. The highest BCUT2D eigenvalue weighted by Gasteiger charge is 2.39. The van der Waals surface area contributed by atoms with Crippen LogP contribution in [-0.2, 0) is 4.79 Å². The fraction of sp³-hybridized carbons (Fsp3) is 0.312. The molecule has 8 heteroatoms. The summed E-state index contributed by atoms with van der Waals surface area (Å²) in [5, 5.41) is 8.02. The second-order valence-corrected chi connectivity index (χ2v) is 5.70. The second-order valence-electron chi connectivity index (χ2n) is 5.70. The molecule has 0 spiro atoms. The smallest absolute Gasteiger partial charge is 0.538 e. The van der Waals surface area contributed by atoms with E-state index in [-0.39, 0.29) is 11.4 Å². The predicted octanol–water partition coefficient (Wildman–Crippen LogP) is 2.53. The number of furan rings is 1. The molecule has 1 aliphatic heterocycles. The Labute approximate surface area is 134 Å². The largest absolute Gasteiger partial charge is 0.563 e. The van der Waals surface area contributed by atoms with E-state index < -0.39 is 24.3 Å². The molecule has 2 N–H and O–H groups in total. The van der Waals surface area contributed by atoms with Crippen molar-refractivity contribution in [3.8, 4) is 0 Å². The molecule has 24 heavy (non-hydrogen) atoms. The van der Waals surface area contributed by atoms with Crippen LogP contribution in [0.5, 0.6) is 0 Å². The number of carbonyl (C=O) groups is 1. The SMILES string of the molecule is O=C([OH2+])C1CCCN1c1nc(C(F)F)nc2c1oc1ccccc12. The van der Waals surface area contributed by atoms with E-state index in [0.29, 0.717) is 35.9 Å². The number of halogens is 2. The van der Waals surface area contributed by atoms with Gasteiger partial charge in [-0.1, -0.05) is 12.1 Å². The topological polar surface area (TPSA) is 82.1 Å². The second kappa shape index (κ2) is 5.40. The van der Waals surface area contributed by atoms with Crippen molar-refractivity contribution in [1.29, 1.82) is 0 Å². The first-order valence-corrected chi connectivity index (χ1v) is 7.55. The number of rotatable bonds is 3. The Morgan fingerprint density at radius 2 is 2.12 bits per heavy atom. The summed E-state index contributed by atoms with van der Waals surface area (Å²) in [4.78, 5) is 21.0. The monoisotopic (exact) mass is 334 g/mol. The van der Waals surface area contributed by atoms with Crippen molar-refractivity contribution >= 4 is 33.9 Å². The summed E-state index contributed by atoms with van der Waals surface area (Å²) < 4.78 is 32.3. The number of benzene rings is 1. The van der Waals surface area contributed by atoms with E-state index in [9.17, 15) is 13.6 Å². The summed E-state index contributed by atoms with van der Waals surface area (Å²) in [6.07, 6.45) is -1.65. The number of para-hydroxylation sites is 1. The van der Waals surface area contributed by atoms with E-state index in [1.54, 1.807) is 29.2 Å². The number of aromatic nitrogens is 2. The molecule has 6 nitrogen and oxygen atoms in total. The maximum absolute atomic E-state index is 13.2. The summed E-state index contributed by atoms with van der Waals surface area (Å²) in [6, 6.07) is 6.32. The van der Waals surface area contributed by atoms with E-state index in [2.05, 4.69) is 9.97 Å². The number of anilines is 1. The van der Waals surface area contributed by atoms with Crippen LogP contribution in [0, 0.1) is 0 Å². The van der Waals surface area contributed by atoms with Crippen molar-refractivity contribution in [2.45, 2.75) is 25.3 Å². The minimum absolute atomic E-state index is 0.162. The minimum atomic E-state index is -2.84. The number of alkyl halides is 2. The lowest BCUT2D eigenvalue weighted by molar-refractivity contribution is -0.138. The summed E-state index contributed by atoms with van der Waals surface area (Å²) in [6.45, 7) is 0.459. The highest BCUT2D eigenvalue weighted by molar-refractivity contribution is 6.06. The van der Waals surface area contributed by atoms with Crippen LogP contribution in [0.25, 0.3) is 22.1 Å². The Bertz CT molecular complexity index is 941. The van der Waals surface area contributed by atoms with Gasteiger partial charge < -0.3 is 14.4 Å². The first kappa shape index (κ1) is 14.8. The van der Waals surface area contributed by atoms with E-state index in [0.717, 1.165) is 0 Å². The van der Waals surface area contributed by atoms with Crippen LogP contribution < -0.4 is 4.90 Å². The lowest BCUT2D eigenvalue weighted by atomic mass is 10.2. The van der Waals surface area contributed by atoms with Gasteiger partial charge in [-0.05, 0) is 25.0 Å². The van der Waals surface area contributed by atoms with Crippen LogP contribution in [0.3, 0.4) is 0 Å². The molecule has 0 radical (unpaired) electrons. The Hall–Kier alpha value is -2.77. The third-order valence-corrected chi connectivity index (χ3v) is 4.24. The molecular formula is C16H14F2N3O3+. The first-order chi connectivity index (χ1) is 11.6. The molecular weight excluding hydrogens is 320 g/mol. The van der Waals surface area contributed by atoms with Crippen molar-refractivity contribution in [2.24, 2.45) is 0 Å². The molecule has 1 aromatic carbocycles. The van der Waals surface area contributed by atoms with Crippen LogP contribution in [0.2, 0.25) is 0 Å². The van der Waals surface area contributed by atoms with Crippen LogP contribution in [0.1, 0.15) is 25.1 Å². The third kappa shape index (κ3) is 2.17. The number of carbonyl (C=O) groups excluding carboxylic acids is 1. The summed E-state index contributed by atoms with van der Waals surface area (Å²) in [5.74, 6) is -1.20. The van der Waals surface area contributed by atoms with Gasteiger partial charge in [0.25, 0.3) is 6.43 Å². The summed E-state index contributed by atoms with van der Waals surface area (Å²) in [7, 11) is 0. The zero-order valence-electron chi connectivity index (χ0n) is 12.5. The Balaban J connectivity index is 2.01. The summed E-state index contributed by atoms with van der Waals surface area (Å²) in [5.41, 5.74) is 1.09. The maximum atomic E-state index is 13.2. The van der Waals surface area contributed by atoms with Crippen LogP contribution >= 0.6 is 0 Å². The standard InChI is InChI=1S/C16H13F2N3O3/c17-13(18)14-19-11-8-4-1-2-6-10(8)24-12(11)15(20-14)21-7-3-5-9(21)16(22)23/h1-2,4,6,9,13H,3,5,7H2,(H,22,23)/p+1. The zero-order chi connectivity index (χ0) is 16.8. The zero-order valence-corrected chi connectivity index (χ0v) is 12.5. The molecule has 0 saturated carbocycles. The van der Waals surface area contributed by atoms with Gasteiger partial charge >= 0.3 is 5.97 Å². The van der Waals surface area contributed by atoms with Gasteiger partial charge in [-0.2, -0.15) is 0 Å². The minimum Gasteiger partial charge on any atom is -0.563 e. The summed E-state index contributed by atoms with van der Waals surface area (Å²) >= 11 is 0. The highest BCUT2D eigenvalue weighted by atomic mass is 19.3. The first-order valence-electron chi connectivity index (χ1n) is 7.55. The van der Waals surface area contributed by atoms with E-state index in [1.165, 1.54) is 0 Å². The van der Waals surface area contributed by atoms with Gasteiger partial charge in [0.05, 0.1) is 0 Å². The molecule has 0 aliphatic carbocycles. The predicted molar refractivity (Wildman–Crippen MR) is 83.3 cm³/mol. The van der Waals surface area contributed by atoms with Crippen molar-refractivity contribution in [2.75, 3.05) is 11.4 Å². The lowest BCUT2D eigenvalue weighted by Crippen LogP contribution is -2.36. The van der Waals surface area contributed by atoms with E-state index >= 15 is 0 Å². The molecule has 4 rings (SSSR count). The number of hydrogen-bond donors (Lipinski definition) is 0. The molecule has 1 fully saturated rings. The fourth-order valence-electron chi connectivity index (χ4n) is 3.18. The Kier molecular flexibility index (Phi) is 3.33. The van der Waals surface area contributed by atoms with Crippen LogP contribution in [0.15, 0.2) is 28.7 Å². The van der Waals surface area contributed by atoms with E-state index in [4.69, 9.17) is 9.52 Å². The van der Waals surface area contributed by atoms with Crippen LogP contribution in [0.4, 0.5) is 14.6 Å². The quantitative estimate of drug-likeness (QED) is 0.688. The molecule has 0 amide bonds. The van der Waals surface area contributed by atoms with Gasteiger partial charge in [0.1, 0.15) is 11.1 Å². The lowest BCUT2D eigenvalue weighted by Gasteiger charge is -2.20. The molecule has 1 saturated heterocycles. The van der Waals surface area contributed by atoms with Gasteiger partial charge in [0.15, 0.2) is 23.3 Å². The molecule has 1 unspecified atom stereocenters. The normalized spacial score (nSPS) is 18.1. The van der Waals surface area contributed by atoms with Gasteiger partial charge in [-0.3, -0.25) is 0 Å². The molecule has 0 bridgehead atoms. The van der Waals surface area contributed by atoms with Crippen molar-refractivity contribution in [3.63, 3.8) is 0 Å². The van der Waals surface area contributed by atoms with Crippen molar-refractivity contribution < 1.29 is 23.1 Å².